The SMILES string of the molecule is O=C(COC(=O)c1cccc(N2C(=O)[C@@H]3CC[C@H](c4ccccc4)C[C@H]3C2=O)c1)Nc1ccc(Br)cc1. The number of anilines is 2. The average molecular weight is 561 g/mol. The minimum atomic E-state index is -0.714. The van der Waals surface area contributed by atoms with Crippen LogP contribution >= 0.6 is 15.9 Å². The lowest BCUT2D eigenvalue weighted by Crippen LogP contribution is -2.31. The minimum absolute atomic E-state index is 0.159. The fraction of sp³-hybridized carbons (Fsp3) is 0.241. The van der Waals surface area contributed by atoms with Crippen LogP contribution in [0.4, 0.5) is 11.4 Å². The molecule has 0 radical (unpaired) electrons. The number of esters is 1. The van der Waals surface area contributed by atoms with Crippen LogP contribution in [0.25, 0.3) is 0 Å². The van der Waals surface area contributed by atoms with Crippen molar-refractivity contribution in [2.45, 2.75) is 25.2 Å². The Morgan fingerprint density at radius 1 is 0.892 bits per heavy atom. The van der Waals surface area contributed by atoms with Gasteiger partial charge in [-0.2, -0.15) is 0 Å². The first-order chi connectivity index (χ1) is 17.9. The molecule has 3 atom stereocenters. The Morgan fingerprint density at radius 2 is 1.62 bits per heavy atom. The van der Waals surface area contributed by atoms with Gasteiger partial charge in [0.25, 0.3) is 5.91 Å². The number of halogens is 1. The number of rotatable bonds is 6. The highest BCUT2D eigenvalue weighted by Crippen LogP contribution is 2.45. The topological polar surface area (TPSA) is 92.8 Å². The van der Waals surface area contributed by atoms with Crippen molar-refractivity contribution in [3.63, 3.8) is 0 Å². The number of amides is 3. The van der Waals surface area contributed by atoms with E-state index < -0.39 is 18.5 Å². The number of hydrogen-bond donors (Lipinski definition) is 1. The van der Waals surface area contributed by atoms with Gasteiger partial charge in [0.15, 0.2) is 6.61 Å². The molecule has 188 valence electrons. The maximum Gasteiger partial charge on any atom is 0.338 e. The molecule has 2 fully saturated rings. The molecule has 1 aliphatic carbocycles. The smallest absolute Gasteiger partial charge is 0.338 e. The highest BCUT2D eigenvalue weighted by Gasteiger charge is 2.50. The zero-order chi connectivity index (χ0) is 25.9. The quantitative estimate of drug-likeness (QED) is 0.325. The van der Waals surface area contributed by atoms with Gasteiger partial charge in [0.1, 0.15) is 0 Å². The number of carbonyl (C=O) groups is 4. The number of benzene rings is 3. The molecule has 2 aliphatic rings. The molecule has 5 rings (SSSR count). The molecule has 8 heteroatoms. The van der Waals surface area contributed by atoms with Crippen LogP contribution in [0.3, 0.4) is 0 Å². The van der Waals surface area contributed by atoms with Crippen molar-refractivity contribution in [3.05, 3.63) is 94.5 Å². The molecule has 1 heterocycles. The van der Waals surface area contributed by atoms with Gasteiger partial charge in [-0.05, 0) is 73.2 Å². The third-order valence-electron chi connectivity index (χ3n) is 7.00. The van der Waals surface area contributed by atoms with Crippen molar-refractivity contribution >= 4 is 51.0 Å². The van der Waals surface area contributed by atoms with E-state index in [-0.39, 0.29) is 35.1 Å². The second kappa shape index (κ2) is 10.7. The first-order valence-corrected chi connectivity index (χ1v) is 13.0. The van der Waals surface area contributed by atoms with Crippen LogP contribution in [0.5, 0.6) is 0 Å². The van der Waals surface area contributed by atoms with Crippen LogP contribution in [0.2, 0.25) is 0 Å². The van der Waals surface area contributed by atoms with Gasteiger partial charge in [-0.3, -0.25) is 19.3 Å². The highest BCUT2D eigenvalue weighted by molar-refractivity contribution is 9.10. The zero-order valence-corrected chi connectivity index (χ0v) is 21.5. The Kier molecular flexibility index (Phi) is 7.19. The van der Waals surface area contributed by atoms with Gasteiger partial charge in [-0.15, -0.1) is 0 Å². The molecule has 3 amide bonds. The summed E-state index contributed by atoms with van der Waals surface area (Å²) >= 11 is 3.33. The molecule has 0 aromatic heterocycles. The van der Waals surface area contributed by atoms with Crippen LogP contribution in [-0.2, 0) is 19.1 Å². The number of hydrogen-bond acceptors (Lipinski definition) is 5. The van der Waals surface area contributed by atoms with E-state index in [0.29, 0.717) is 24.2 Å². The third kappa shape index (κ3) is 5.34. The molecular weight excluding hydrogens is 536 g/mol. The first kappa shape index (κ1) is 24.9. The fourth-order valence-corrected chi connectivity index (χ4v) is 5.44. The molecule has 1 saturated carbocycles. The minimum Gasteiger partial charge on any atom is -0.452 e. The van der Waals surface area contributed by atoms with Crippen LogP contribution in [0.15, 0.2) is 83.3 Å². The zero-order valence-electron chi connectivity index (χ0n) is 19.9. The van der Waals surface area contributed by atoms with Gasteiger partial charge in [-0.25, -0.2) is 4.79 Å². The lowest BCUT2D eigenvalue weighted by molar-refractivity contribution is -0.122. The van der Waals surface area contributed by atoms with E-state index in [1.807, 2.05) is 18.2 Å². The van der Waals surface area contributed by atoms with Gasteiger partial charge in [0, 0.05) is 10.2 Å². The first-order valence-electron chi connectivity index (χ1n) is 12.2. The Balaban J connectivity index is 1.24. The molecule has 1 aliphatic heterocycles. The molecule has 1 saturated heterocycles. The van der Waals surface area contributed by atoms with E-state index in [4.69, 9.17) is 4.74 Å². The molecular formula is C29H25BrN2O5. The standard InChI is InChI=1S/C29H25BrN2O5/c30-21-10-12-22(13-11-21)31-26(33)17-37-29(36)20-7-4-8-23(15-20)32-27(34)24-14-9-19(16-25(24)28(32)35)18-5-2-1-3-6-18/h1-8,10-13,15,19,24-25H,9,14,16-17H2,(H,31,33)/t19-,24+,25+/m0/s1. The lowest BCUT2D eigenvalue weighted by Gasteiger charge is -2.28. The summed E-state index contributed by atoms with van der Waals surface area (Å²) in [5.41, 5.74) is 2.27. The Morgan fingerprint density at radius 3 is 2.38 bits per heavy atom. The molecule has 0 unspecified atom stereocenters. The summed E-state index contributed by atoms with van der Waals surface area (Å²) in [4.78, 5) is 52.6. The predicted molar refractivity (Wildman–Crippen MR) is 142 cm³/mol. The van der Waals surface area contributed by atoms with Crippen molar-refractivity contribution in [2.75, 3.05) is 16.8 Å². The van der Waals surface area contributed by atoms with Gasteiger partial charge in [0.05, 0.1) is 23.1 Å². The predicted octanol–water partition coefficient (Wildman–Crippen LogP) is 5.32. The maximum absolute atomic E-state index is 13.4. The number of fused-ring (bicyclic) bond motifs is 1. The van der Waals surface area contributed by atoms with E-state index in [9.17, 15) is 19.2 Å². The normalized spacial score (nSPS) is 20.9. The summed E-state index contributed by atoms with van der Waals surface area (Å²) in [6, 6.07) is 23.3. The lowest BCUT2D eigenvalue weighted by atomic mass is 9.73. The van der Waals surface area contributed by atoms with E-state index >= 15 is 0 Å². The molecule has 0 bridgehead atoms. The number of nitrogens with zero attached hydrogens (tertiary/aromatic N) is 1. The molecule has 3 aromatic rings. The summed E-state index contributed by atoms with van der Waals surface area (Å²) in [6.45, 7) is -0.467. The second-order valence-corrected chi connectivity index (χ2v) is 10.2. The van der Waals surface area contributed by atoms with E-state index in [2.05, 4.69) is 33.4 Å². The summed E-state index contributed by atoms with van der Waals surface area (Å²) in [6.07, 6.45) is 2.14. The van der Waals surface area contributed by atoms with Gasteiger partial charge in [0.2, 0.25) is 11.8 Å². The van der Waals surface area contributed by atoms with Crippen molar-refractivity contribution in [3.8, 4) is 0 Å². The van der Waals surface area contributed by atoms with Crippen molar-refractivity contribution < 1.29 is 23.9 Å². The Bertz CT molecular complexity index is 1340. The van der Waals surface area contributed by atoms with E-state index in [1.165, 1.54) is 22.6 Å². The molecule has 7 nitrogen and oxygen atoms in total. The maximum atomic E-state index is 13.4. The second-order valence-electron chi connectivity index (χ2n) is 9.33. The number of carbonyl (C=O) groups excluding carboxylic acids is 4. The molecule has 3 aromatic carbocycles. The Hall–Kier alpha value is -3.78. The van der Waals surface area contributed by atoms with Crippen LogP contribution in [0.1, 0.15) is 41.1 Å². The van der Waals surface area contributed by atoms with Crippen LogP contribution in [-0.4, -0.2) is 30.3 Å². The van der Waals surface area contributed by atoms with E-state index in [1.54, 1.807) is 36.4 Å². The molecule has 37 heavy (non-hydrogen) atoms. The van der Waals surface area contributed by atoms with Crippen molar-refractivity contribution in [2.24, 2.45) is 11.8 Å². The van der Waals surface area contributed by atoms with Gasteiger partial charge >= 0.3 is 5.97 Å². The summed E-state index contributed by atoms with van der Waals surface area (Å²) in [5, 5.41) is 2.65. The molecule has 0 spiro atoms. The van der Waals surface area contributed by atoms with Gasteiger partial charge < -0.3 is 10.1 Å². The van der Waals surface area contributed by atoms with Crippen molar-refractivity contribution in [1.82, 2.24) is 0 Å². The third-order valence-corrected chi connectivity index (χ3v) is 7.53. The number of imide groups is 1. The Labute approximate surface area is 222 Å². The van der Waals surface area contributed by atoms with Crippen LogP contribution in [0, 0.1) is 11.8 Å². The summed E-state index contributed by atoms with van der Waals surface area (Å²) < 4.78 is 6.04. The van der Waals surface area contributed by atoms with Crippen molar-refractivity contribution in [1.29, 1.82) is 0 Å². The summed E-state index contributed by atoms with van der Waals surface area (Å²) in [7, 11) is 0. The van der Waals surface area contributed by atoms with E-state index in [0.717, 1.165) is 10.9 Å². The summed E-state index contributed by atoms with van der Waals surface area (Å²) in [5.74, 6) is -2.11. The number of nitrogens with one attached hydrogen (secondary N) is 1. The average Bonchev–Trinajstić information content (AvgIpc) is 3.18. The fourth-order valence-electron chi connectivity index (χ4n) is 5.18. The highest BCUT2D eigenvalue weighted by atomic mass is 79.9. The number of ether oxygens (including phenoxy) is 1. The van der Waals surface area contributed by atoms with Gasteiger partial charge in [-0.1, -0.05) is 52.3 Å². The monoisotopic (exact) mass is 560 g/mol. The molecule has 1 N–H and O–H groups in total. The largest absolute Gasteiger partial charge is 0.452 e. The van der Waals surface area contributed by atoms with Crippen LogP contribution < -0.4 is 10.2 Å².